The Kier molecular flexibility index (Phi) is 8.75. The molecule has 1 saturated heterocycles. The van der Waals surface area contributed by atoms with Crippen molar-refractivity contribution in [3.63, 3.8) is 0 Å². The van der Waals surface area contributed by atoms with E-state index in [-0.39, 0.29) is 16.5 Å². The highest BCUT2D eigenvalue weighted by atomic mass is 35.5. The van der Waals surface area contributed by atoms with Gasteiger partial charge < -0.3 is 9.84 Å². The number of amides is 1. The first-order chi connectivity index (χ1) is 19.4. The Labute approximate surface area is 249 Å². The lowest BCUT2D eigenvalue weighted by Crippen LogP contribution is -2.29. The number of carbonyl (C=O) groups excluding carboxylic acids is 2. The molecule has 7 nitrogen and oxygen atoms in total. The third-order valence-corrected chi connectivity index (χ3v) is 8.87. The lowest BCUT2D eigenvalue weighted by molar-refractivity contribution is -0.132. The van der Waals surface area contributed by atoms with Gasteiger partial charge in [-0.1, -0.05) is 83.6 Å². The van der Waals surface area contributed by atoms with Crippen LogP contribution < -0.4 is 9.64 Å². The largest absolute Gasteiger partial charge is 0.507 e. The van der Waals surface area contributed by atoms with Crippen LogP contribution in [-0.2, 0) is 15.3 Å². The number of halogens is 2. The minimum absolute atomic E-state index is 0.0463. The summed E-state index contributed by atoms with van der Waals surface area (Å²) >= 11 is 15.0. The number of ketones is 1. The highest BCUT2D eigenvalue weighted by Crippen LogP contribution is 2.44. The molecule has 1 aliphatic heterocycles. The molecule has 0 radical (unpaired) electrons. The van der Waals surface area contributed by atoms with Crippen LogP contribution in [0.1, 0.15) is 36.1 Å². The molecular formula is C29H23Cl2N3O4S2. The molecule has 0 saturated carbocycles. The van der Waals surface area contributed by atoms with Crippen LogP contribution >= 0.6 is 46.3 Å². The van der Waals surface area contributed by atoms with Crippen LogP contribution in [-0.4, -0.2) is 33.6 Å². The fourth-order valence-electron chi connectivity index (χ4n) is 4.19. The monoisotopic (exact) mass is 611 g/mol. The molecule has 1 fully saturated rings. The molecule has 1 unspecified atom stereocenters. The van der Waals surface area contributed by atoms with Crippen molar-refractivity contribution in [2.45, 2.75) is 29.5 Å². The Morgan fingerprint density at radius 2 is 1.75 bits per heavy atom. The van der Waals surface area contributed by atoms with Gasteiger partial charge in [-0.2, -0.15) is 0 Å². The second kappa shape index (κ2) is 12.4. The van der Waals surface area contributed by atoms with Crippen LogP contribution in [0.4, 0.5) is 5.13 Å². The van der Waals surface area contributed by atoms with E-state index in [0.29, 0.717) is 43.6 Å². The summed E-state index contributed by atoms with van der Waals surface area (Å²) in [5.74, 6) is -0.706. The number of aliphatic hydroxyl groups excluding tert-OH is 1. The average molecular weight is 613 g/mol. The van der Waals surface area contributed by atoms with E-state index in [1.54, 1.807) is 48.5 Å². The number of carbonyl (C=O) groups is 2. The molecule has 1 N–H and O–H groups in total. The van der Waals surface area contributed by atoms with Crippen LogP contribution in [0.25, 0.3) is 5.76 Å². The molecule has 1 atom stereocenters. The number of rotatable bonds is 9. The fraction of sp³-hybridized carbons (Fsp3) is 0.172. The summed E-state index contributed by atoms with van der Waals surface area (Å²) in [6, 6.07) is 20.1. The highest BCUT2D eigenvalue weighted by molar-refractivity contribution is 8.00. The van der Waals surface area contributed by atoms with E-state index in [0.717, 1.165) is 12.0 Å². The number of Topliss-reactive ketones (excluding diaryl/α,β-unsaturated/α-hetero) is 1. The first-order valence-electron chi connectivity index (χ1n) is 12.4. The van der Waals surface area contributed by atoms with Crippen molar-refractivity contribution in [1.29, 1.82) is 0 Å². The smallest absolute Gasteiger partial charge is 0.301 e. The Morgan fingerprint density at radius 1 is 1.02 bits per heavy atom. The number of anilines is 1. The van der Waals surface area contributed by atoms with Crippen molar-refractivity contribution in [1.82, 2.24) is 10.2 Å². The second-order valence-corrected chi connectivity index (χ2v) is 11.8. The van der Waals surface area contributed by atoms with Crippen molar-refractivity contribution in [3.8, 4) is 5.75 Å². The van der Waals surface area contributed by atoms with E-state index in [4.69, 9.17) is 27.9 Å². The van der Waals surface area contributed by atoms with Gasteiger partial charge in [0, 0.05) is 21.4 Å². The molecule has 0 bridgehead atoms. The lowest BCUT2D eigenvalue weighted by atomic mass is 9.95. The Balaban J connectivity index is 1.51. The van der Waals surface area contributed by atoms with Crippen molar-refractivity contribution in [2.24, 2.45) is 0 Å². The standard InChI is InChI=1S/C29H23Cl2N3O4S2/c1-2-15-38-21-13-9-18(10-14-21)25(35)23-24(17-7-11-20(30)12-8-17)34(27(37)26(23)36)28-32-33-29(40-28)39-16-19-5-3-4-6-22(19)31/h3-14,24,35H,2,15-16H2,1H3/b25-23-. The Hall–Kier alpha value is -3.37. The normalized spacial score (nSPS) is 16.5. The topological polar surface area (TPSA) is 92.6 Å². The molecule has 3 aromatic carbocycles. The molecule has 5 rings (SSSR count). The summed E-state index contributed by atoms with van der Waals surface area (Å²) < 4.78 is 6.23. The zero-order valence-electron chi connectivity index (χ0n) is 21.2. The van der Waals surface area contributed by atoms with Gasteiger partial charge in [0.2, 0.25) is 5.13 Å². The van der Waals surface area contributed by atoms with Crippen LogP contribution in [0.5, 0.6) is 5.75 Å². The summed E-state index contributed by atoms with van der Waals surface area (Å²) in [6.45, 7) is 2.57. The lowest BCUT2D eigenvalue weighted by Gasteiger charge is -2.22. The van der Waals surface area contributed by atoms with Crippen molar-refractivity contribution in [2.75, 3.05) is 11.5 Å². The summed E-state index contributed by atoms with van der Waals surface area (Å²) in [6.07, 6.45) is 0.859. The number of thioether (sulfide) groups is 1. The maximum atomic E-state index is 13.4. The first-order valence-corrected chi connectivity index (χ1v) is 14.9. The predicted molar refractivity (Wildman–Crippen MR) is 159 cm³/mol. The number of aliphatic hydroxyl groups is 1. The van der Waals surface area contributed by atoms with Crippen molar-refractivity contribution in [3.05, 3.63) is 105 Å². The third kappa shape index (κ3) is 5.88. The van der Waals surface area contributed by atoms with E-state index in [1.807, 2.05) is 31.2 Å². The van der Waals surface area contributed by atoms with E-state index in [9.17, 15) is 14.7 Å². The highest BCUT2D eigenvalue weighted by Gasteiger charge is 2.48. The zero-order chi connectivity index (χ0) is 28.2. The van der Waals surface area contributed by atoms with Gasteiger partial charge in [-0.05, 0) is 60.0 Å². The number of ether oxygens (including phenoxy) is 1. The van der Waals surface area contributed by atoms with E-state index in [2.05, 4.69) is 10.2 Å². The number of hydrogen-bond acceptors (Lipinski definition) is 8. The van der Waals surface area contributed by atoms with Gasteiger partial charge in [0.05, 0.1) is 18.2 Å². The summed E-state index contributed by atoms with van der Waals surface area (Å²) in [4.78, 5) is 28.1. The van der Waals surface area contributed by atoms with E-state index < -0.39 is 17.7 Å². The summed E-state index contributed by atoms with van der Waals surface area (Å²) in [5.41, 5.74) is 1.87. The van der Waals surface area contributed by atoms with Gasteiger partial charge in [0.1, 0.15) is 11.5 Å². The molecule has 40 heavy (non-hydrogen) atoms. The van der Waals surface area contributed by atoms with E-state index >= 15 is 0 Å². The summed E-state index contributed by atoms with van der Waals surface area (Å²) in [5, 5.41) is 21.2. The van der Waals surface area contributed by atoms with Crippen LogP contribution in [0, 0.1) is 0 Å². The minimum Gasteiger partial charge on any atom is -0.507 e. The molecule has 0 spiro atoms. The second-order valence-electron chi connectivity index (χ2n) is 8.82. The first kappa shape index (κ1) is 28.2. The van der Waals surface area contributed by atoms with Gasteiger partial charge in [0.25, 0.3) is 5.78 Å². The quantitative estimate of drug-likeness (QED) is 0.0686. The number of hydrogen-bond donors (Lipinski definition) is 1. The number of benzene rings is 3. The van der Waals surface area contributed by atoms with Gasteiger partial charge >= 0.3 is 5.91 Å². The Morgan fingerprint density at radius 3 is 2.45 bits per heavy atom. The average Bonchev–Trinajstić information content (AvgIpc) is 3.53. The number of nitrogens with zero attached hydrogens (tertiary/aromatic N) is 3. The number of aromatic nitrogens is 2. The molecule has 1 aliphatic rings. The molecule has 4 aromatic rings. The maximum absolute atomic E-state index is 13.4. The van der Waals surface area contributed by atoms with Crippen LogP contribution in [0.15, 0.2) is 82.7 Å². The summed E-state index contributed by atoms with van der Waals surface area (Å²) in [7, 11) is 0. The van der Waals surface area contributed by atoms with Crippen molar-refractivity contribution < 1.29 is 19.4 Å². The zero-order valence-corrected chi connectivity index (χ0v) is 24.4. The van der Waals surface area contributed by atoms with Gasteiger partial charge in [-0.3, -0.25) is 14.5 Å². The SMILES string of the molecule is CCCOc1ccc(/C(O)=C2/C(=O)C(=O)N(c3nnc(SCc4ccccc4Cl)s3)C2c2ccc(Cl)cc2)cc1. The van der Waals surface area contributed by atoms with E-state index in [1.165, 1.54) is 28.0 Å². The third-order valence-electron chi connectivity index (χ3n) is 6.14. The molecule has 1 aromatic heterocycles. The van der Waals surface area contributed by atoms with Crippen LogP contribution in [0.2, 0.25) is 10.0 Å². The van der Waals surface area contributed by atoms with Gasteiger partial charge in [-0.25, -0.2) is 0 Å². The molecule has 204 valence electrons. The Bertz CT molecular complexity index is 1570. The minimum atomic E-state index is -0.928. The van der Waals surface area contributed by atoms with Gasteiger partial charge in [0.15, 0.2) is 4.34 Å². The van der Waals surface area contributed by atoms with Crippen LogP contribution in [0.3, 0.4) is 0 Å². The van der Waals surface area contributed by atoms with Crippen molar-refractivity contribution >= 4 is 68.9 Å². The molecule has 1 amide bonds. The molecule has 2 heterocycles. The van der Waals surface area contributed by atoms with Gasteiger partial charge in [-0.15, -0.1) is 10.2 Å². The molecule has 11 heteroatoms. The predicted octanol–water partition coefficient (Wildman–Crippen LogP) is 7.55. The fourth-order valence-corrected chi connectivity index (χ4v) is 6.47. The molecular weight excluding hydrogens is 589 g/mol. The molecule has 0 aliphatic carbocycles. The maximum Gasteiger partial charge on any atom is 0.301 e.